The molecule has 0 radical (unpaired) electrons. The molecule has 0 atom stereocenters. The van der Waals surface area contributed by atoms with Gasteiger partial charge >= 0.3 is 0 Å². The van der Waals surface area contributed by atoms with Crippen molar-refractivity contribution >= 4 is 0 Å². The van der Waals surface area contributed by atoms with Crippen molar-refractivity contribution in [3.8, 4) is 11.3 Å². The van der Waals surface area contributed by atoms with E-state index in [9.17, 15) is 0 Å². The van der Waals surface area contributed by atoms with Crippen molar-refractivity contribution in [2.45, 2.75) is 13.5 Å². The van der Waals surface area contributed by atoms with Crippen molar-refractivity contribution in [3.05, 3.63) is 66.2 Å². The van der Waals surface area contributed by atoms with E-state index < -0.39 is 0 Å². The maximum atomic E-state index is 5.58. The van der Waals surface area contributed by atoms with Crippen molar-refractivity contribution in [2.24, 2.45) is 0 Å². The van der Waals surface area contributed by atoms with Crippen LogP contribution in [-0.4, -0.2) is 9.78 Å². The van der Waals surface area contributed by atoms with Crippen LogP contribution in [0.3, 0.4) is 0 Å². The Kier molecular flexibility index (Phi) is 2.73. The Hall–Kier alpha value is -2.29. The van der Waals surface area contributed by atoms with Crippen LogP contribution >= 0.6 is 0 Å². The summed E-state index contributed by atoms with van der Waals surface area (Å²) in [5.41, 5.74) is 2.25. The van der Waals surface area contributed by atoms with Crippen LogP contribution < -0.4 is 0 Å². The zero-order chi connectivity index (χ0) is 12.4. The average Bonchev–Trinajstić information content (AvgIpc) is 2.99. The molecule has 0 amide bonds. The molecule has 3 heteroatoms. The molecule has 90 valence electrons. The largest absolute Gasteiger partial charge is 0.461 e. The molecule has 0 spiro atoms. The lowest BCUT2D eigenvalue weighted by Crippen LogP contribution is -1.98. The van der Waals surface area contributed by atoms with Crippen LogP contribution in [0.1, 0.15) is 11.3 Å². The third-order valence-corrected chi connectivity index (χ3v) is 2.85. The van der Waals surface area contributed by atoms with Crippen molar-refractivity contribution in [1.82, 2.24) is 9.78 Å². The minimum atomic E-state index is 0.778. The number of aryl methyl sites for hydroxylation is 1. The van der Waals surface area contributed by atoms with Gasteiger partial charge in [-0.25, -0.2) is 0 Å². The fourth-order valence-electron chi connectivity index (χ4n) is 1.94. The fraction of sp³-hybridized carbons (Fsp3) is 0.133. The van der Waals surface area contributed by atoms with Crippen LogP contribution in [-0.2, 0) is 6.54 Å². The summed E-state index contributed by atoms with van der Waals surface area (Å²) >= 11 is 0. The van der Waals surface area contributed by atoms with Gasteiger partial charge in [-0.15, -0.1) is 0 Å². The highest BCUT2D eigenvalue weighted by Gasteiger charge is 2.05. The van der Waals surface area contributed by atoms with Crippen molar-refractivity contribution in [1.29, 1.82) is 0 Å². The fourth-order valence-corrected chi connectivity index (χ4v) is 1.94. The van der Waals surface area contributed by atoms with Gasteiger partial charge in [-0.3, -0.25) is 4.68 Å². The minimum Gasteiger partial charge on any atom is -0.461 e. The van der Waals surface area contributed by atoms with Gasteiger partial charge < -0.3 is 4.42 Å². The Morgan fingerprint density at radius 2 is 1.94 bits per heavy atom. The summed E-state index contributed by atoms with van der Waals surface area (Å²) < 4.78 is 7.50. The molecule has 0 fully saturated rings. The number of rotatable bonds is 3. The third-order valence-electron chi connectivity index (χ3n) is 2.85. The smallest absolute Gasteiger partial charge is 0.137 e. The molecule has 0 saturated heterocycles. The Balaban J connectivity index is 1.82. The first kappa shape index (κ1) is 10.8. The van der Waals surface area contributed by atoms with E-state index in [1.165, 1.54) is 5.56 Å². The van der Waals surface area contributed by atoms with E-state index in [1.54, 1.807) is 0 Å². The van der Waals surface area contributed by atoms with Crippen LogP contribution in [0.25, 0.3) is 11.3 Å². The molecule has 18 heavy (non-hydrogen) atoms. The lowest BCUT2D eigenvalue weighted by atomic mass is 10.2. The molecule has 0 aliphatic heterocycles. The number of benzene rings is 1. The number of hydrogen-bond donors (Lipinski definition) is 0. The Bertz CT molecular complexity index is 637. The summed E-state index contributed by atoms with van der Waals surface area (Å²) in [5.74, 6) is 1.78. The number of furan rings is 1. The highest BCUT2D eigenvalue weighted by atomic mass is 16.3. The molecule has 0 bridgehead atoms. The maximum Gasteiger partial charge on any atom is 0.137 e. The second-order valence-electron chi connectivity index (χ2n) is 4.32. The van der Waals surface area contributed by atoms with E-state index in [0.717, 1.165) is 23.6 Å². The van der Waals surface area contributed by atoms with Gasteiger partial charge in [0.2, 0.25) is 0 Å². The highest BCUT2D eigenvalue weighted by molar-refractivity contribution is 5.55. The summed E-state index contributed by atoms with van der Waals surface area (Å²) in [5, 5.41) is 4.35. The second-order valence-corrected chi connectivity index (χ2v) is 4.32. The Morgan fingerprint density at radius 3 is 2.67 bits per heavy atom. The van der Waals surface area contributed by atoms with Gasteiger partial charge in [0.05, 0.1) is 18.3 Å². The molecule has 2 aromatic heterocycles. The van der Waals surface area contributed by atoms with E-state index in [4.69, 9.17) is 4.42 Å². The summed E-state index contributed by atoms with van der Waals surface area (Å²) in [6.07, 6.45) is 3.84. The minimum absolute atomic E-state index is 0.778. The van der Waals surface area contributed by atoms with Crippen molar-refractivity contribution in [2.75, 3.05) is 0 Å². The van der Waals surface area contributed by atoms with Crippen LogP contribution in [0.2, 0.25) is 0 Å². The summed E-state index contributed by atoms with van der Waals surface area (Å²) in [4.78, 5) is 0. The van der Waals surface area contributed by atoms with Gasteiger partial charge in [-0.2, -0.15) is 5.10 Å². The number of hydrogen-bond acceptors (Lipinski definition) is 2. The number of nitrogens with zero attached hydrogens (tertiary/aromatic N) is 2. The van der Waals surface area contributed by atoms with Crippen LogP contribution in [0.4, 0.5) is 0 Å². The molecule has 0 N–H and O–H groups in total. The second kappa shape index (κ2) is 4.53. The Morgan fingerprint density at radius 1 is 1.11 bits per heavy atom. The Labute approximate surface area is 106 Å². The zero-order valence-electron chi connectivity index (χ0n) is 10.2. The monoisotopic (exact) mass is 238 g/mol. The van der Waals surface area contributed by atoms with E-state index in [1.807, 2.05) is 54.3 Å². The lowest BCUT2D eigenvalue weighted by molar-refractivity contribution is 0.548. The maximum absolute atomic E-state index is 5.58. The predicted molar refractivity (Wildman–Crippen MR) is 70.2 cm³/mol. The van der Waals surface area contributed by atoms with Gasteiger partial charge in [-0.1, -0.05) is 30.3 Å². The van der Waals surface area contributed by atoms with Gasteiger partial charge in [0.25, 0.3) is 0 Å². The van der Waals surface area contributed by atoms with Gasteiger partial charge in [0.15, 0.2) is 0 Å². The molecule has 0 unspecified atom stereocenters. The average molecular weight is 238 g/mol. The van der Waals surface area contributed by atoms with Crippen molar-refractivity contribution in [3.63, 3.8) is 0 Å². The summed E-state index contributed by atoms with van der Waals surface area (Å²) in [6.45, 7) is 2.72. The first-order valence-electron chi connectivity index (χ1n) is 5.94. The number of aromatic nitrogens is 2. The predicted octanol–water partition coefficient (Wildman–Crippen LogP) is 3.50. The molecular formula is C15H14N2O. The van der Waals surface area contributed by atoms with Gasteiger partial charge in [0, 0.05) is 6.20 Å². The standard InChI is InChI=1S/C15H14N2O/c1-12-7-8-15(18-12)14-9-16-17(11-14)10-13-5-3-2-4-6-13/h2-9,11H,10H2,1H3. The third kappa shape index (κ3) is 2.20. The van der Waals surface area contributed by atoms with E-state index >= 15 is 0 Å². The van der Waals surface area contributed by atoms with Crippen molar-refractivity contribution < 1.29 is 4.42 Å². The summed E-state index contributed by atoms with van der Waals surface area (Å²) in [6, 6.07) is 14.2. The summed E-state index contributed by atoms with van der Waals surface area (Å²) in [7, 11) is 0. The molecule has 0 aliphatic carbocycles. The lowest BCUT2D eigenvalue weighted by Gasteiger charge is -2.00. The molecule has 3 rings (SSSR count). The quantitative estimate of drug-likeness (QED) is 0.699. The zero-order valence-corrected chi connectivity index (χ0v) is 10.2. The molecule has 2 heterocycles. The van der Waals surface area contributed by atoms with Crippen LogP contribution in [0, 0.1) is 6.92 Å². The highest BCUT2D eigenvalue weighted by Crippen LogP contribution is 2.21. The SMILES string of the molecule is Cc1ccc(-c2cnn(Cc3ccccc3)c2)o1. The van der Waals surface area contributed by atoms with Gasteiger partial charge in [0.1, 0.15) is 11.5 Å². The van der Waals surface area contributed by atoms with Crippen LogP contribution in [0.15, 0.2) is 59.3 Å². The van der Waals surface area contributed by atoms with Gasteiger partial charge in [-0.05, 0) is 24.6 Å². The normalized spacial score (nSPS) is 10.7. The van der Waals surface area contributed by atoms with Crippen LogP contribution in [0.5, 0.6) is 0 Å². The molecule has 3 aromatic rings. The molecule has 3 nitrogen and oxygen atoms in total. The molecule has 1 aromatic carbocycles. The van der Waals surface area contributed by atoms with E-state index in [0.29, 0.717) is 0 Å². The topological polar surface area (TPSA) is 31.0 Å². The first-order valence-corrected chi connectivity index (χ1v) is 5.94. The first-order chi connectivity index (χ1) is 8.81. The van der Waals surface area contributed by atoms with E-state index in [-0.39, 0.29) is 0 Å². The molecule has 0 saturated carbocycles. The molecular weight excluding hydrogens is 224 g/mol. The van der Waals surface area contributed by atoms with E-state index in [2.05, 4.69) is 17.2 Å². The molecule has 0 aliphatic rings.